The Morgan fingerprint density at radius 3 is 2.29 bits per heavy atom. The molecule has 0 unspecified atom stereocenters. The molecule has 0 fully saturated rings. The lowest BCUT2D eigenvalue weighted by molar-refractivity contribution is -0.189. The van der Waals surface area contributed by atoms with E-state index in [4.69, 9.17) is 0 Å². The quantitative estimate of drug-likeness (QED) is 0.678. The van der Waals surface area contributed by atoms with Gasteiger partial charge in [0.25, 0.3) is 9.76 Å². The van der Waals surface area contributed by atoms with Gasteiger partial charge in [-0.15, -0.1) is 0 Å². The molecule has 0 bridgehead atoms. The van der Waals surface area contributed by atoms with E-state index in [1.54, 1.807) is 30.3 Å². The van der Waals surface area contributed by atoms with Gasteiger partial charge in [0.2, 0.25) is 0 Å². The lowest BCUT2D eigenvalue weighted by Gasteiger charge is -2.06. The number of rotatable bonds is 2. The molecule has 0 atom stereocenters. The smallest absolute Gasteiger partial charge is 0.489 e. The van der Waals surface area contributed by atoms with E-state index in [0.717, 1.165) is 0 Å². The second-order valence-electron chi connectivity index (χ2n) is 2.56. The molecule has 0 amide bonds. The maximum atomic E-state index is 11.7. The largest absolute Gasteiger partial charge is 0.514 e. The molecule has 1 rings (SSSR count). The van der Waals surface area contributed by atoms with Crippen molar-refractivity contribution in [3.05, 3.63) is 30.3 Å². The van der Waals surface area contributed by atoms with E-state index >= 15 is 0 Å². The lowest BCUT2D eigenvalue weighted by Crippen LogP contribution is -2.30. The number of carbonyl (C=O) groups is 1. The fourth-order valence-electron chi connectivity index (χ4n) is 0.805. The van der Waals surface area contributed by atoms with E-state index in [0.29, 0.717) is 5.19 Å². The second-order valence-corrected chi connectivity index (χ2v) is 3.95. The van der Waals surface area contributed by atoms with Gasteiger partial charge in [-0.25, -0.2) is 4.79 Å². The Kier molecular flexibility index (Phi) is 3.29. The van der Waals surface area contributed by atoms with E-state index < -0.39 is 21.9 Å². The van der Waals surface area contributed by atoms with Crippen LogP contribution in [0.4, 0.5) is 13.2 Å². The summed E-state index contributed by atoms with van der Waals surface area (Å²) in [6, 6.07) is 8.38. The number of hydrogen-bond acceptors (Lipinski definition) is 2. The monoisotopic (exact) mass is 220 g/mol. The molecule has 1 aromatic carbocycles. The molecule has 0 aromatic heterocycles. The molecule has 76 valence electrons. The zero-order valence-corrected chi connectivity index (χ0v) is 8.46. The van der Waals surface area contributed by atoms with Crippen LogP contribution < -0.4 is 5.19 Å². The van der Waals surface area contributed by atoms with Crippen molar-refractivity contribution in [1.29, 1.82) is 0 Å². The van der Waals surface area contributed by atoms with Gasteiger partial charge in [0.1, 0.15) is 0 Å². The van der Waals surface area contributed by atoms with Gasteiger partial charge in [-0.1, -0.05) is 30.3 Å². The third-order valence-corrected chi connectivity index (χ3v) is 2.66. The molecule has 0 aliphatic rings. The number of halogens is 3. The molecule has 0 aliphatic heterocycles. The Morgan fingerprint density at radius 1 is 1.21 bits per heavy atom. The van der Waals surface area contributed by atoms with Gasteiger partial charge in [-0.05, 0) is 5.19 Å². The van der Waals surface area contributed by atoms with E-state index in [2.05, 4.69) is 4.43 Å². The molecule has 2 nitrogen and oxygen atoms in total. The maximum absolute atomic E-state index is 11.7. The topological polar surface area (TPSA) is 26.3 Å². The summed E-state index contributed by atoms with van der Waals surface area (Å²) in [7, 11) is -1.61. The minimum absolute atomic E-state index is 0.658. The van der Waals surface area contributed by atoms with Gasteiger partial charge in [-0.2, -0.15) is 13.2 Å². The molecule has 14 heavy (non-hydrogen) atoms. The van der Waals surface area contributed by atoms with E-state index in [1.165, 1.54) is 0 Å². The van der Waals surface area contributed by atoms with Crippen LogP contribution in [0.25, 0.3) is 0 Å². The minimum Gasteiger partial charge on any atom is -0.514 e. The molecule has 1 aromatic rings. The second kappa shape index (κ2) is 4.27. The van der Waals surface area contributed by atoms with Crippen LogP contribution in [0.3, 0.4) is 0 Å². The molecule has 0 saturated heterocycles. The van der Waals surface area contributed by atoms with E-state index in [1.807, 2.05) is 0 Å². The molecular weight excluding hydrogens is 213 g/mol. The average molecular weight is 220 g/mol. The molecule has 0 spiro atoms. The zero-order chi connectivity index (χ0) is 10.6. The first kappa shape index (κ1) is 10.8. The summed E-state index contributed by atoms with van der Waals surface area (Å²) < 4.78 is 39.3. The SMILES string of the molecule is O=C(O[SiH2]c1ccccc1)C(F)(F)F. The highest BCUT2D eigenvalue weighted by Gasteiger charge is 2.40. The summed E-state index contributed by atoms with van der Waals surface area (Å²) in [5.74, 6) is -2.10. The van der Waals surface area contributed by atoms with Gasteiger partial charge in [0.15, 0.2) is 0 Å². The number of benzene rings is 1. The van der Waals surface area contributed by atoms with Crippen LogP contribution in [0.15, 0.2) is 30.3 Å². The number of alkyl halides is 3. The Labute approximate surface area is 80.6 Å². The average Bonchev–Trinajstić information content (AvgIpc) is 2.14. The van der Waals surface area contributed by atoms with Gasteiger partial charge in [0.05, 0.1) is 0 Å². The highest BCUT2D eigenvalue weighted by Crippen LogP contribution is 2.15. The fourth-order valence-corrected chi connectivity index (χ4v) is 1.73. The zero-order valence-electron chi connectivity index (χ0n) is 7.04. The van der Waals surface area contributed by atoms with Crippen LogP contribution in [0, 0.1) is 0 Å². The van der Waals surface area contributed by atoms with E-state index in [-0.39, 0.29) is 0 Å². The third-order valence-electron chi connectivity index (χ3n) is 1.44. The molecule has 0 heterocycles. The highest BCUT2D eigenvalue weighted by molar-refractivity contribution is 6.48. The molecule has 0 N–H and O–H groups in total. The normalized spacial score (nSPS) is 11.9. The number of carbonyl (C=O) groups excluding carboxylic acids is 1. The fraction of sp³-hybridized carbons (Fsp3) is 0.125. The standard InChI is InChI=1S/C8H7F3O2Si/c9-8(10,11)7(12)13-14-6-4-2-1-3-5-6/h1-5H,14H2. The van der Waals surface area contributed by atoms with Crippen LogP contribution in [-0.4, -0.2) is 21.9 Å². The summed E-state index contributed by atoms with van der Waals surface area (Å²) in [5.41, 5.74) is 0. The molecule has 6 heteroatoms. The van der Waals surface area contributed by atoms with Crippen molar-refractivity contribution in [2.45, 2.75) is 6.18 Å². The van der Waals surface area contributed by atoms with E-state index in [9.17, 15) is 18.0 Å². The first-order chi connectivity index (χ1) is 6.50. The van der Waals surface area contributed by atoms with Gasteiger partial charge >= 0.3 is 12.1 Å². The highest BCUT2D eigenvalue weighted by atomic mass is 28.2. The van der Waals surface area contributed by atoms with Crippen molar-refractivity contribution in [2.75, 3.05) is 0 Å². The predicted octanol–water partition coefficient (Wildman–Crippen LogP) is 0.501. The number of hydrogen-bond donors (Lipinski definition) is 0. The summed E-state index contributed by atoms with van der Waals surface area (Å²) in [6.45, 7) is 0. The summed E-state index contributed by atoms with van der Waals surface area (Å²) >= 11 is 0. The Bertz CT molecular complexity index is 310. The van der Waals surface area contributed by atoms with Gasteiger partial charge in [-0.3, -0.25) is 0 Å². The van der Waals surface area contributed by atoms with Crippen molar-refractivity contribution in [2.24, 2.45) is 0 Å². The van der Waals surface area contributed by atoms with Crippen LogP contribution in [0.2, 0.25) is 0 Å². The predicted molar refractivity (Wildman–Crippen MR) is 46.8 cm³/mol. The van der Waals surface area contributed by atoms with Crippen molar-refractivity contribution in [3.8, 4) is 0 Å². The summed E-state index contributed by atoms with van der Waals surface area (Å²) in [4.78, 5) is 10.3. The molecule has 0 saturated carbocycles. The van der Waals surface area contributed by atoms with Crippen molar-refractivity contribution >= 4 is 20.9 Å². The Hall–Kier alpha value is -1.30. The molecular formula is C8H7F3O2Si. The molecule has 0 radical (unpaired) electrons. The van der Waals surface area contributed by atoms with Gasteiger partial charge < -0.3 is 4.43 Å². The molecule has 0 aliphatic carbocycles. The van der Waals surface area contributed by atoms with Crippen LogP contribution >= 0.6 is 0 Å². The summed E-state index contributed by atoms with van der Waals surface area (Å²) in [6.07, 6.45) is -4.89. The van der Waals surface area contributed by atoms with Crippen molar-refractivity contribution < 1.29 is 22.4 Å². The Balaban J connectivity index is 2.46. The van der Waals surface area contributed by atoms with Crippen molar-refractivity contribution in [3.63, 3.8) is 0 Å². The lowest BCUT2D eigenvalue weighted by atomic mass is 10.4. The van der Waals surface area contributed by atoms with Gasteiger partial charge in [0, 0.05) is 0 Å². The first-order valence-electron chi connectivity index (χ1n) is 3.78. The minimum atomic E-state index is -4.89. The summed E-state index contributed by atoms with van der Waals surface area (Å²) in [5, 5.41) is 0.658. The Morgan fingerprint density at radius 2 is 1.79 bits per heavy atom. The van der Waals surface area contributed by atoms with Crippen LogP contribution in [0.1, 0.15) is 0 Å². The van der Waals surface area contributed by atoms with Crippen molar-refractivity contribution in [1.82, 2.24) is 0 Å². The maximum Gasteiger partial charge on any atom is 0.489 e. The van der Waals surface area contributed by atoms with Crippen LogP contribution in [0.5, 0.6) is 0 Å². The van der Waals surface area contributed by atoms with Crippen LogP contribution in [-0.2, 0) is 9.22 Å². The third kappa shape index (κ3) is 3.21. The first-order valence-corrected chi connectivity index (χ1v) is 5.06.